The van der Waals surface area contributed by atoms with Crippen LogP contribution in [0, 0.1) is 0 Å². The number of ether oxygens (including phenoxy) is 2. The highest BCUT2D eigenvalue weighted by Crippen LogP contribution is 2.17. The maximum Gasteiger partial charge on any atom is 0.344 e. The Hall–Kier alpha value is -2.30. The van der Waals surface area contributed by atoms with Crippen LogP contribution in [0.25, 0.3) is 0 Å². The molecule has 0 aromatic heterocycles. The average molecular weight is 277 g/mol. The normalized spacial score (nSPS) is 9.65. The third-order valence-electron chi connectivity index (χ3n) is 2.36. The Balaban J connectivity index is 2.50. The Morgan fingerprint density at radius 2 is 2.20 bits per heavy atom. The lowest BCUT2D eigenvalue weighted by molar-refractivity contribution is -0.145. The molecule has 0 bridgehead atoms. The molecule has 1 rings (SSSR count). The molecule has 0 radical (unpaired) electrons. The van der Waals surface area contributed by atoms with E-state index in [1.165, 1.54) is 0 Å². The van der Waals surface area contributed by atoms with E-state index in [-0.39, 0.29) is 12.5 Å². The van der Waals surface area contributed by atoms with Gasteiger partial charge in [-0.2, -0.15) is 0 Å². The Kier molecular flexibility index (Phi) is 6.89. The SMILES string of the molecule is C=CCCC(=O)Nc1cccc(OCC(=O)OCC)c1. The van der Waals surface area contributed by atoms with Gasteiger partial charge in [-0.05, 0) is 25.5 Å². The van der Waals surface area contributed by atoms with Crippen molar-refractivity contribution in [3.8, 4) is 5.75 Å². The zero-order valence-corrected chi connectivity index (χ0v) is 11.6. The second kappa shape index (κ2) is 8.74. The van der Waals surface area contributed by atoms with Crippen LogP contribution < -0.4 is 10.1 Å². The van der Waals surface area contributed by atoms with Gasteiger partial charge in [-0.3, -0.25) is 4.79 Å². The summed E-state index contributed by atoms with van der Waals surface area (Å²) >= 11 is 0. The second-order valence-corrected chi connectivity index (χ2v) is 4.00. The van der Waals surface area contributed by atoms with Gasteiger partial charge in [0.2, 0.25) is 5.91 Å². The lowest BCUT2D eigenvalue weighted by Crippen LogP contribution is -2.15. The molecule has 1 amide bonds. The molecule has 108 valence electrons. The fourth-order valence-electron chi connectivity index (χ4n) is 1.47. The molecular formula is C15H19NO4. The topological polar surface area (TPSA) is 64.6 Å². The fourth-order valence-corrected chi connectivity index (χ4v) is 1.47. The monoisotopic (exact) mass is 277 g/mol. The van der Waals surface area contributed by atoms with Crippen molar-refractivity contribution in [2.75, 3.05) is 18.5 Å². The van der Waals surface area contributed by atoms with Gasteiger partial charge in [0.25, 0.3) is 0 Å². The third-order valence-corrected chi connectivity index (χ3v) is 2.36. The Labute approximate surface area is 118 Å². The van der Waals surface area contributed by atoms with Crippen molar-refractivity contribution in [1.29, 1.82) is 0 Å². The summed E-state index contributed by atoms with van der Waals surface area (Å²) in [4.78, 5) is 22.7. The van der Waals surface area contributed by atoms with Crippen molar-refractivity contribution >= 4 is 17.6 Å². The predicted molar refractivity (Wildman–Crippen MR) is 76.6 cm³/mol. The van der Waals surface area contributed by atoms with Gasteiger partial charge < -0.3 is 14.8 Å². The average Bonchev–Trinajstić information content (AvgIpc) is 2.44. The van der Waals surface area contributed by atoms with Gasteiger partial charge in [0.1, 0.15) is 5.75 Å². The Morgan fingerprint density at radius 1 is 1.40 bits per heavy atom. The van der Waals surface area contributed by atoms with Crippen molar-refractivity contribution in [3.63, 3.8) is 0 Å². The zero-order valence-electron chi connectivity index (χ0n) is 11.6. The van der Waals surface area contributed by atoms with Gasteiger partial charge in [-0.15, -0.1) is 6.58 Å². The van der Waals surface area contributed by atoms with Crippen LogP contribution in [-0.4, -0.2) is 25.1 Å². The van der Waals surface area contributed by atoms with Crippen LogP contribution in [0.5, 0.6) is 5.75 Å². The molecule has 1 N–H and O–H groups in total. The molecule has 20 heavy (non-hydrogen) atoms. The maximum atomic E-state index is 11.6. The van der Waals surface area contributed by atoms with E-state index in [1.54, 1.807) is 37.3 Å². The smallest absolute Gasteiger partial charge is 0.344 e. The molecule has 0 spiro atoms. The number of anilines is 1. The zero-order chi connectivity index (χ0) is 14.8. The first-order chi connectivity index (χ1) is 9.65. The lowest BCUT2D eigenvalue weighted by atomic mass is 10.2. The van der Waals surface area contributed by atoms with Crippen LogP contribution in [-0.2, 0) is 14.3 Å². The summed E-state index contributed by atoms with van der Waals surface area (Å²) in [6.45, 7) is 5.47. The van der Waals surface area contributed by atoms with Crippen molar-refractivity contribution in [2.45, 2.75) is 19.8 Å². The number of hydrogen-bond acceptors (Lipinski definition) is 4. The molecular weight excluding hydrogens is 258 g/mol. The molecule has 0 unspecified atom stereocenters. The fraction of sp³-hybridized carbons (Fsp3) is 0.333. The summed E-state index contributed by atoms with van der Waals surface area (Å²) in [6.07, 6.45) is 2.71. The van der Waals surface area contributed by atoms with Crippen LogP contribution in [0.4, 0.5) is 5.69 Å². The standard InChI is InChI=1S/C15H19NO4/c1-3-5-9-14(17)16-12-7-6-8-13(10-12)20-11-15(18)19-4-2/h3,6-8,10H,1,4-5,9,11H2,2H3,(H,16,17). The van der Waals surface area contributed by atoms with E-state index in [0.717, 1.165) is 0 Å². The van der Waals surface area contributed by atoms with E-state index < -0.39 is 5.97 Å². The third kappa shape index (κ3) is 6.04. The van der Waals surface area contributed by atoms with E-state index in [0.29, 0.717) is 30.9 Å². The van der Waals surface area contributed by atoms with Gasteiger partial charge in [0, 0.05) is 18.2 Å². The van der Waals surface area contributed by atoms with Crippen molar-refractivity contribution in [3.05, 3.63) is 36.9 Å². The van der Waals surface area contributed by atoms with Gasteiger partial charge in [0.15, 0.2) is 6.61 Å². The summed E-state index contributed by atoms with van der Waals surface area (Å²) < 4.78 is 10.0. The number of carbonyl (C=O) groups excluding carboxylic acids is 2. The van der Waals surface area contributed by atoms with Crippen LogP contribution in [0.15, 0.2) is 36.9 Å². The van der Waals surface area contributed by atoms with Gasteiger partial charge in [0.05, 0.1) is 6.61 Å². The van der Waals surface area contributed by atoms with E-state index in [9.17, 15) is 9.59 Å². The number of allylic oxidation sites excluding steroid dienone is 1. The minimum absolute atomic E-state index is 0.0903. The predicted octanol–water partition coefficient (Wildman–Crippen LogP) is 2.53. The number of benzene rings is 1. The first kappa shape index (κ1) is 15.8. The van der Waals surface area contributed by atoms with Crippen molar-refractivity contribution in [2.24, 2.45) is 0 Å². The van der Waals surface area contributed by atoms with Crippen LogP contribution in [0.1, 0.15) is 19.8 Å². The molecule has 5 heteroatoms. The van der Waals surface area contributed by atoms with Crippen LogP contribution in [0.3, 0.4) is 0 Å². The minimum atomic E-state index is -0.423. The molecule has 0 aliphatic rings. The summed E-state index contributed by atoms with van der Waals surface area (Å²) in [5.41, 5.74) is 0.625. The summed E-state index contributed by atoms with van der Waals surface area (Å²) in [6, 6.07) is 6.86. The number of hydrogen-bond donors (Lipinski definition) is 1. The highest BCUT2D eigenvalue weighted by atomic mass is 16.6. The van der Waals surface area contributed by atoms with E-state index in [1.807, 2.05) is 0 Å². The molecule has 1 aromatic rings. The molecule has 0 saturated carbocycles. The van der Waals surface area contributed by atoms with E-state index >= 15 is 0 Å². The van der Waals surface area contributed by atoms with Crippen molar-refractivity contribution in [1.82, 2.24) is 0 Å². The van der Waals surface area contributed by atoms with Crippen LogP contribution >= 0.6 is 0 Å². The molecule has 0 heterocycles. The number of nitrogens with one attached hydrogen (secondary N) is 1. The Morgan fingerprint density at radius 3 is 2.90 bits per heavy atom. The summed E-state index contributed by atoms with van der Waals surface area (Å²) in [5.74, 6) is -0.0139. The quantitative estimate of drug-likeness (QED) is 0.586. The largest absolute Gasteiger partial charge is 0.482 e. The van der Waals surface area contributed by atoms with Crippen LogP contribution in [0.2, 0.25) is 0 Å². The molecule has 0 atom stereocenters. The summed E-state index contributed by atoms with van der Waals surface area (Å²) in [5, 5.41) is 2.75. The van der Waals surface area contributed by atoms with E-state index in [2.05, 4.69) is 11.9 Å². The lowest BCUT2D eigenvalue weighted by Gasteiger charge is -2.08. The first-order valence-corrected chi connectivity index (χ1v) is 6.45. The molecule has 0 aliphatic carbocycles. The van der Waals surface area contributed by atoms with Gasteiger partial charge in [-0.1, -0.05) is 12.1 Å². The number of esters is 1. The molecule has 0 fully saturated rings. The number of amides is 1. The molecule has 5 nitrogen and oxygen atoms in total. The van der Waals surface area contributed by atoms with Gasteiger partial charge >= 0.3 is 5.97 Å². The summed E-state index contributed by atoms with van der Waals surface area (Å²) in [7, 11) is 0. The molecule has 0 saturated heterocycles. The minimum Gasteiger partial charge on any atom is -0.482 e. The van der Waals surface area contributed by atoms with E-state index in [4.69, 9.17) is 9.47 Å². The highest BCUT2D eigenvalue weighted by Gasteiger charge is 2.05. The van der Waals surface area contributed by atoms with Gasteiger partial charge in [-0.25, -0.2) is 4.79 Å². The maximum absolute atomic E-state index is 11.6. The number of carbonyl (C=O) groups is 2. The highest BCUT2D eigenvalue weighted by molar-refractivity contribution is 5.90. The van der Waals surface area contributed by atoms with Crippen molar-refractivity contribution < 1.29 is 19.1 Å². The second-order valence-electron chi connectivity index (χ2n) is 4.00. The number of rotatable bonds is 8. The molecule has 1 aromatic carbocycles. The Bertz CT molecular complexity index is 471. The first-order valence-electron chi connectivity index (χ1n) is 6.45. The molecule has 0 aliphatic heterocycles.